The lowest BCUT2D eigenvalue weighted by molar-refractivity contribution is 0.122. The molecule has 8 heteroatoms. The Morgan fingerprint density at radius 1 is 1.08 bits per heavy atom. The molecule has 0 bridgehead atoms. The van der Waals surface area contributed by atoms with Crippen molar-refractivity contribution >= 4 is 28.5 Å². The maximum Gasteiger partial charge on any atom is 0.231 e. The molecular formula is C18H19N5O3. The first-order valence-corrected chi connectivity index (χ1v) is 8.63. The Labute approximate surface area is 150 Å². The molecule has 1 saturated heterocycles. The number of nitrogens with zero attached hydrogens (tertiary/aromatic N) is 3. The minimum atomic E-state index is 0.259. The Bertz CT molecular complexity index is 965. The summed E-state index contributed by atoms with van der Waals surface area (Å²) in [5.74, 6) is 2.96. The van der Waals surface area contributed by atoms with Crippen molar-refractivity contribution in [3.8, 4) is 11.5 Å². The van der Waals surface area contributed by atoms with Crippen LogP contribution in [0.15, 0.2) is 24.3 Å². The number of benzene rings is 1. The van der Waals surface area contributed by atoms with Crippen LogP contribution in [-0.2, 0) is 4.74 Å². The summed E-state index contributed by atoms with van der Waals surface area (Å²) in [4.78, 5) is 14.9. The zero-order chi connectivity index (χ0) is 17.5. The van der Waals surface area contributed by atoms with E-state index in [9.17, 15) is 0 Å². The monoisotopic (exact) mass is 353 g/mol. The maximum atomic E-state index is 5.46. The van der Waals surface area contributed by atoms with Crippen LogP contribution in [-0.4, -0.2) is 48.0 Å². The smallest absolute Gasteiger partial charge is 0.231 e. The van der Waals surface area contributed by atoms with Gasteiger partial charge in [-0.15, -0.1) is 0 Å². The fourth-order valence-corrected chi connectivity index (χ4v) is 3.24. The third kappa shape index (κ3) is 2.68. The van der Waals surface area contributed by atoms with Gasteiger partial charge in [0.1, 0.15) is 11.5 Å². The minimum absolute atomic E-state index is 0.259. The SMILES string of the molecule is Cc1cc2c(Nc3ccc4c(c3)OCO4)nc(N3CCOCC3)nc2[nH]1. The van der Waals surface area contributed by atoms with Crippen LogP contribution >= 0.6 is 0 Å². The number of fused-ring (bicyclic) bond motifs is 2. The molecule has 0 aliphatic carbocycles. The summed E-state index contributed by atoms with van der Waals surface area (Å²) in [6, 6.07) is 7.82. The lowest BCUT2D eigenvalue weighted by atomic mass is 10.2. The minimum Gasteiger partial charge on any atom is -0.454 e. The summed E-state index contributed by atoms with van der Waals surface area (Å²) in [5, 5.41) is 4.36. The first kappa shape index (κ1) is 15.3. The molecule has 1 aromatic carbocycles. The molecule has 2 aromatic heterocycles. The van der Waals surface area contributed by atoms with Crippen LogP contribution in [0.5, 0.6) is 11.5 Å². The molecule has 4 heterocycles. The van der Waals surface area contributed by atoms with E-state index >= 15 is 0 Å². The number of H-pyrrole nitrogens is 1. The molecule has 3 aromatic rings. The molecule has 8 nitrogen and oxygen atoms in total. The van der Waals surface area contributed by atoms with E-state index in [2.05, 4.69) is 15.2 Å². The van der Waals surface area contributed by atoms with Gasteiger partial charge in [0.15, 0.2) is 11.5 Å². The van der Waals surface area contributed by atoms with Gasteiger partial charge in [-0.3, -0.25) is 0 Å². The molecule has 0 amide bonds. The highest BCUT2D eigenvalue weighted by Crippen LogP contribution is 2.36. The van der Waals surface area contributed by atoms with Crippen molar-refractivity contribution in [2.75, 3.05) is 43.3 Å². The summed E-state index contributed by atoms with van der Waals surface area (Å²) >= 11 is 0. The van der Waals surface area contributed by atoms with Crippen LogP contribution in [0.2, 0.25) is 0 Å². The topological polar surface area (TPSA) is 84.5 Å². The van der Waals surface area contributed by atoms with E-state index in [1.807, 2.05) is 31.2 Å². The van der Waals surface area contributed by atoms with E-state index < -0.39 is 0 Å². The number of anilines is 3. The quantitative estimate of drug-likeness (QED) is 0.748. The molecule has 1 fully saturated rings. The lowest BCUT2D eigenvalue weighted by Gasteiger charge is -2.27. The van der Waals surface area contributed by atoms with Crippen LogP contribution in [0, 0.1) is 6.92 Å². The van der Waals surface area contributed by atoms with Gasteiger partial charge in [-0.25, -0.2) is 0 Å². The second-order valence-electron chi connectivity index (χ2n) is 6.38. The molecule has 0 radical (unpaired) electrons. The van der Waals surface area contributed by atoms with Crippen molar-refractivity contribution in [2.24, 2.45) is 0 Å². The summed E-state index contributed by atoms with van der Waals surface area (Å²) in [5.41, 5.74) is 2.76. The van der Waals surface area contributed by atoms with Gasteiger partial charge in [-0.2, -0.15) is 9.97 Å². The Kier molecular flexibility index (Phi) is 3.56. The van der Waals surface area contributed by atoms with Crippen LogP contribution in [0.1, 0.15) is 5.69 Å². The fraction of sp³-hybridized carbons (Fsp3) is 0.333. The Hall–Kier alpha value is -3.00. The number of morpholine rings is 1. The van der Waals surface area contributed by atoms with Crippen molar-refractivity contribution in [2.45, 2.75) is 6.92 Å². The third-order valence-electron chi connectivity index (χ3n) is 4.54. The molecule has 0 unspecified atom stereocenters. The number of aromatic amines is 1. The highest BCUT2D eigenvalue weighted by molar-refractivity contribution is 5.91. The van der Waals surface area contributed by atoms with Crippen LogP contribution < -0.4 is 19.7 Å². The van der Waals surface area contributed by atoms with Crippen molar-refractivity contribution in [3.63, 3.8) is 0 Å². The number of ether oxygens (including phenoxy) is 3. The molecule has 0 atom stereocenters. The second kappa shape index (κ2) is 6.06. The average molecular weight is 353 g/mol. The largest absolute Gasteiger partial charge is 0.454 e. The molecule has 2 aliphatic rings. The van der Waals surface area contributed by atoms with Gasteiger partial charge in [0.25, 0.3) is 0 Å². The predicted octanol–water partition coefficient (Wildman–Crippen LogP) is 2.58. The molecular weight excluding hydrogens is 334 g/mol. The summed E-state index contributed by atoms with van der Waals surface area (Å²) in [6.45, 7) is 5.23. The standard InChI is InChI=1S/C18H19N5O3/c1-11-8-13-16(19-11)21-18(23-4-6-24-7-5-23)22-17(13)20-12-2-3-14-15(9-12)26-10-25-14/h2-3,8-9H,4-7,10H2,1H3,(H2,19,20,21,22). The van der Waals surface area contributed by atoms with E-state index in [0.29, 0.717) is 19.2 Å². The van der Waals surface area contributed by atoms with Gasteiger partial charge < -0.3 is 29.4 Å². The van der Waals surface area contributed by atoms with Crippen LogP contribution in [0.25, 0.3) is 11.0 Å². The number of hydrogen-bond acceptors (Lipinski definition) is 7. The van der Waals surface area contributed by atoms with Gasteiger partial charge in [0.05, 0.1) is 18.6 Å². The lowest BCUT2D eigenvalue weighted by Crippen LogP contribution is -2.37. The third-order valence-corrected chi connectivity index (χ3v) is 4.54. The fourth-order valence-electron chi connectivity index (χ4n) is 3.24. The molecule has 134 valence electrons. The Balaban J connectivity index is 1.54. The highest BCUT2D eigenvalue weighted by Gasteiger charge is 2.19. The van der Waals surface area contributed by atoms with Crippen LogP contribution in [0.4, 0.5) is 17.5 Å². The van der Waals surface area contributed by atoms with Gasteiger partial charge >= 0.3 is 0 Å². The molecule has 2 N–H and O–H groups in total. The number of nitrogens with one attached hydrogen (secondary N) is 2. The van der Waals surface area contributed by atoms with Crippen molar-refractivity contribution in [1.29, 1.82) is 0 Å². The van der Waals surface area contributed by atoms with Crippen molar-refractivity contribution in [3.05, 3.63) is 30.0 Å². The van der Waals surface area contributed by atoms with Crippen molar-refractivity contribution < 1.29 is 14.2 Å². The number of aryl methyl sites for hydroxylation is 1. The summed E-state index contributed by atoms with van der Waals surface area (Å²) in [7, 11) is 0. The Morgan fingerprint density at radius 2 is 1.92 bits per heavy atom. The number of hydrogen-bond donors (Lipinski definition) is 2. The van der Waals surface area contributed by atoms with Crippen LogP contribution in [0.3, 0.4) is 0 Å². The van der Waals surface area contributed by atoms with E-state index in [1.54, 1.807) is 0 Å². The number of aromatic nitrogens is 3. The summed E-state index contributed by atoms with van der Waals surface area (Å²) in [6.07, 6.45) is 0. The number of rotatable bonds is 3. The Morgan fingerprint density at radius 3 is 2.81 bits per heavy atom. The molecule has 26 heavy (non-hydrogen) atoms. The maximum absolute atomic E-state index is 5.46. The molecule has 2 aliphatic heterocycles. The predicted molar refractivity (Wildman–Crippen MR) is 97.5 cm³/mol. The zero-order valence-electron chi connectivity index (χ0n) is 14.4. The summed E-state index contributed by atoms with van der Waals surface area (Å²) < 4.78 is 16.3. The van der Waals surface area contributed by atoms with Gasteiger partial charge in [-0.05, 0) is 25.1 Å². The van der Waals surface area contributed by atoms with Gasteiger partial charge in [0.2, 0.25) is 12.7 Å². The first-order chi connectivity index (χ1) is 12.8. The zero-order valence-corrected chi connectivity index (χ0v) is 14.4. The van der Waals surface area contributed by atoms with E-state index in [4.69, 9.17) is 24.2 Å². The van der Waals surface area contributed by atoms with Gasteiger partial charge in [-0.1, -0.05) is 0 Å². The first-order valence-electron chi connectivity index (χ1n) is 8.63. The van der Waals surface area contributed by atoms with E-state index in [-0.39, 0.29) is 6.79 Å². The highest BCUT2D eigenvalue weighted by atomic mass is 16.7. The van der Waals surface area contributed by atoms with Gasteiger partial charge in [0, 0.05) is 30.5 Å². The van der Waals surface area contributed by atoms with E-state index in [0.717, 1.165) is 52.8 Å². The average Bonchev–Trinajstić information content (AvgIpc) is 3.27. The molecule has 5 rings (SSSR count). The normalized spacial score (nSPS) is 16.3. The molecule has 0 spiro atoms. The molecule has 0 saturated carbocycles. The van der Waals surface area contributed by atoms with E-state index in [1.165, 1.54) is 0 Å². The van der Waals surface area contributed by atoms with Crippen molar-refractivity contribution in [1.82, 2.24) is 15.0 Å². The second-order valence-corrected chi connectivity index (χ2v) is 6.38.